The van der Waals surface area contributed by atoms with Crippen molar-refractivity contribution in [1.82, 2.24) is 14.9 Å². The first-order chi connectivity index (χ1) is 14.3. The second-order valence-corrected chi connectivity index (χ2v) is 8.30. The maximum absolute atomic E-state index is 12.9. The van der Waals surface area contributed by atoms with Crippen molar-refractivity contribution in [3.63, 3.8) is 0 Å². The van der Waals surface area contributed by atoms with Crippen LogP contribution in [0.3, 0.4) is 0 Å². The minimum absolute atomic E-state index is 0.105. The van der Waals surface area contributed by atoms with Crippen LogP contribution in [0.25, 0.3) is 0 Å². The van der Waals surface area contributed by atoms with Crippen LogP contribution in [-0.2, 0) is 9.53 Å². The molecule has 1 N–H and O–H groups in total. The molecular formula is C22H29N5O3. The van der Waals surface area contributed by atoms with Crippen LogP contribution in [0.4, 0.5) is 16.3 Å². The molecule has 0 aliphatic carbocycles. The van der Waals surface area contributed by atoms with Crippen LogP contribution in [0.2, 0.25) is 0 Å². The van der Waals surface area contributed by atoms with Crippen molar-refractivity contribution in [3.8, 4) is 0 Å². The predicted molar refractivity (Wildman–Crippen MR) is 115 cm³/mol. The quantitative estimate of drug-likeness (QED) is 0.812. The minimum atomic E-state index is -0.663. The predicted octanol–water partition coefficient (Wildman–Crippen LogP) is 3.32. The van der Waals surface area contributed by atoms with Crippen LogP contribution >= 0.6 is 0 Å². The zero-order valence-electron chi connectivity index (χ0n) is 17.7. The zero-order valence-corrected chi connectivity index (χ0v) is 17.7. The fourth-order valence-electron chi connectivity index (χ4n) is 3.26. The molecule has 1 aliphatic heterocycles. The lowest BCUT2D eigenvalue weighted by Crippen LogP contribution is -2.48. The molecule has 8 nitrogen and oxygen atoms in total. The number of pyridine rings is 2. The first-order valence-corrected chi connectivity index (χ1v) is 10.2. The Kier molecular flexibility index (Phi) is 6.87. The van der Waals surface area contributed by atoms with Gasteiger partial charge in [0.2, 0.25) is 5.91 Å². The van der Waals surface area contributed by atoms with Crippen molar-refractivity contribution in [1.29, 1.82) is 0 Å². The van der Waals surface area contributed by atoms with Gasteiger partial charge in [0.15, 0.2) is 0 Å². The number of nitrogens with zero attached hydrogens (tertiary/aromatic N) is 4. The molecule has 0 radical (unpaired) electrons. The Labute approximate surface area is 177 Å². The lowest BCUT2D eigenvalue weighted by molar-refractivity contribution is -0.130. The van der Waals surface area contributed by atoms with Crippen molar-refractivity contribution in [2.75, 3.05) is 29.9 Å². The average Bonchev–Trinajstić information content (AvgIpc) is 2.72. The standard InChI is InChI=1S/C22H29N5O3/c1-22(2,3)30-21(29)27(19-8-4-5-12-24-19)16-20(28)26-13-9-17(10-14-26)25-18-7-6-11-23-15-18/h4-8,11-12,15,17,25H,9-10,13-14,16H2,1-3H3. The van der Waals surface area contributed by atoms with Gasteiger partial charge in [0, 0.05) is 37.7 Å². The molecule has 2 aromatic rings. The summed E-state index contributed by atoms with van der Waals surface area (Å²) in [6.45, 7) is 6.53. The van der Waals surface area contributed by atoms with Gasteiger partial charge in [-0.05, 0) is 57.9 Å². The molecule has 2 amide bonds. The third-order valence-corrected chi connectivity index (χ3v) is 4.71. The number of nitrogens with one attached hydrogen (secondary N) is 1. The smallest absolute Gasteiger partial charge is 0.416 e. The van der Waals surface area contributed by atoms with Gasteiger partial charge in [-0.3, -0.25) is 14.7 Å². The first kappa shape index (κ1) is 21.5. The number of amides is 2. The summed E-state index contributed by atoms with van der Waals surface area (Å²) in [6.07, 6.45) is 6.20. The number of hydrogen-bond acceptors (Lipinski definition) is 6. The molecule has 160 valence electrons. The van der Waals surface area contributed by atoms with E-state index >= 15 is 0 Å². The molecule has 0 atom stereocenters. The van der Waals surface area contributed by atoms with E-state index in [0.29, 0.717) is 18.9 Å². The molecule has 1 fully saturated rings. The summed E-state index contributed by atoms with van der Waals surface area (Å²) in [4.78, 5) is 37.1. The summed E-state index contributed by atoms with van der Waals surface area (Å²) in [5.74, 6) is 0.277. The summed E-state index contributed by atoms with van der Waals surface area (Å²) >= 11 is 0. The van der Waals surface area contributed by atoms with Crippen LogP contribution in [0, 0.1) is 0 Å². The van der Waals surface area contributed by atoms with E-state index in [4.69, 9.17) is 4.74 Å². The SMILES string of the molecule is CC(C)(C)OC(=O)N(CC(=O)N1CCC(Nc2cccnc2)CC1)c1ccccn1. The Morgan fingerprint density at radius 3 is 2.53 bits per heavy atom. The highest BCUT2D eigenvalue weighted by Gasteiger charge is 2.29. The number of likely N-dealkylation sites (tertiary alicyclic amines) is 1. The van der Waals surface area contributed by atoms with Crippen LogP contribution in [0.15, 0.2) is 48.9 Å². The number of hydrogen-bond donors (Lipinski definition) is 1. The Bertz CT molecular complexity index is 831. The average molecular weight is 412 g/mol. The Hall–Kier alpha value is -3.16. The molecule has 3 heterocycles. The molecule has 0 aromatic carbocycles. The summed E-state index contributed by atoms with van der Waals surface area (Å²) in [7, 11) is 0. The van der Waals surface area contributed by atoms with Crippen LogP contribution in [0.1, 0.15) is 33.6 Å². The Morgan fingerprint density at radius 1 is 1.17 bits per heavy atom. The highest BCUT2D eigenvalue weighted by Crippen LogP contribution is 2.19. The molecule has 0 saturated carbocycles. The molecule has 30 heavy (non-hydrogen) atoms. The van der Waals surface area contributed by atoms with E-state index in [-0.39, 0.29) is 18.5 Å². The fraction of sp³-hybridized carbons (Fsp3) is 0.455. The third kappa shape index (κ3) is 6.17. The summed E-state index contributed by atoms with van der Waals surface area (Å²) in [5, 5.41) is 3.46. The number of carbonyl (C=O) groups excluding carboxylic acids is 2. The van der Waals surface area contributed by atoms with Crippen molar-refractivity contribution < 1.29 is 14.3 Å². The maximum Gasteiger partial charge on any atom is 0.416 e. The van der Waals surface area contributed by atoms with Crippen LogP contribution in [-0.4, -0.2) is 58.1 Å². The Morgan fingerprint density at radius 2 is 1.93 bits per heavy atom. The van der Waals surface area contributed by atoms with Crippen molar-refractivity contribution in [3.05, 3.63) is 48.9 Å². The van der Waals surface area contributed by atoms with Gasteiger partial charge in [0.1, 0.15) is 18.0 Å². The summed E-state index contributed by atoms with van der Waals surface area (Å²) in [5.41, 5.74) is 0.317. The second-order valence-electron chi connectivity index (χ2n) is 8.30. The fourth-order valence-corrected chi connectivity index (χ4v) is 3.26. The molecule has 2 aromatic heterocycles. The van der Waals surface area contributed by atoms with E-state index in [1.165, 1.54) is 4.90 Å². The summed E-state index contributed by atoms with van der Waals surface area (Å²) in [6, 6.07) is 9.40. The minimum Gasteiger partial charge on any atom is -0.443 e. The molecule has 1 saturated heterocycles. The highest BCUT2D eigenvalue weighted by molar-refractivity contribution is 5.94. The van der Waals surface area contributed by atoms with Gasteiger partial charge in [0.25, 0.3) is 0 Å². The summed E-state index contributed by atoms with van der Waals surface area (Å²) < 4.78 is 5.49. The Balaban J connectivity index is 1.60. The molecule has 1 aliphatic rings. The van der Waals surface area contributed by atoms with E-state index in [1.807, 2.05) is 12.1 Å². The molecule has 8 heteroatoms. The van der Waals surface area contributed by atoms with Gasteiger partial charge in [-0.15, -0.1) is 0 Å². The third-order valence-electron chi connectivity index (χ3n) is 4.71. The molecule has 0 unspecified atom stereocenters. The van der Waals surface area contributed by atoms with Crippen molar-refractivity contribution in [2.24, 2.45) is 0 Å². The van der Waals surface area contributed by atoms with Gasteiger partial charge >= 0.3 is 6.09 Å². The normalized spacial score (nSPS) is 14.8. The highest BCUT2D eigenvalue weighted by atomic mass is 16.6. The number of aromatic nitrogens is 2. The molecule has 0 spiro atoms. The van der Waals surface area contributed by atoms with Crippen LogP contribution in [0.5, 0.6) is 0 Å². The van der Waals surface area contributed by atoms with E-state index in [9.17, 15) is 9.59 Å². The molecular weight excluding hydrogens is 382 g/mol. The molecule has 0 bridgehead atoms. The topological polar surface area (TPSA) is 87.7 Å². The lowest BCUT2D eigenvalue weighted by atomic mass is 10.0. The zero-order chi connectivity index (χ0) is 21.6. The van der Waals surface area contributed by atoms with E-state index < -0.39 is 11.7 Å². The first-order valence-electron chi connectivity index (χ1n) is 10.2. The van der Waals surface area contributed by atoms with Crippen LogP contribution < -0.4 is 10.2 Å². The van der Waals surface area contributed by atoms with Gasteiger partial charge < -0.3 is 15.0 Å². The van der Waals surface area contributed by atoms with Gasteiger partial charge in [-0.2, -0.15) is 0 Å². The number of carbonyl (C=O) groups is 2. The van der Waals surface area contributed by atoms with Gasteiger partial charge in [-0.1, -0.05) is 6.07 Å². The van der Waals surface area contributed by atoms with E-state index in [1.54, 1.807) is 62.5 Å². The largest absolute Gasteiger partial charge is 0.443 e. The number of piperidine rings is 1. The monoisotopic (exact) mass is 411 g/mol. The van der Waals surface area contributed by atoms with E-state index in [2.05, 4.69) is 15.3 Å². The van der Waals surface area contributed by atoms with Crippen molar-refractivity contribution in [2.45, 2.75) is 45.3 Å². The van der Waals surface area contributed by atoms with E-state index in [0.717, 1.165) is 18.5 Å². The number of anilines is 2. The number of rotatable bonds is 5. The maximum atomic E-state index is 12.9. The van der Waals surface area contributed by atoms with Gasteiger partial charge in [-0.25, -0.2) is 9.78 Å². The lowest BCUT2D eigenvalue weighted by Gasteiger charge is -2.34. The molecule has 3 rings (SSSR count). The second kappa shape index (κ2) is 9.56. The van der Waals surface area contributed by atoms with Crippen molar-refractivity contribution >= 4 is 23.5 Å². The van der Waals surface area contributed by atoms with Gasteiger partial charge in [0.05, 0.1) is 5.69 Å². The number of ether oxygens (including phenoxy) is 1.